The molecule has 0 aliphatic rings. The van der Waals surface area contributed by atoms with Gasteiger partial charge in [-0.1, -0.05) is 124 Å². The SMILES string of the molecule is C/C=N\C=C(/C)N(C/C=C\C(=C/C)c1cc(-c2ccc(N(c3ccccc3)c3cccnc3)cc2)c2ccc3cc(C(C)(C)C)cc4ccc1c2c43)c1ccccc1. The fourth-order valence-corrected chi connectivity index (χ4v) is 8.07. The number of pyridine rings is 1. The average Bonchev–Trinajstić information content (AvgIpc) is 3.25. The van der Waals surface area contributed by atoms with Crippen molar-refractivity contribution in [3.05, 3.63) is 193 Å². The van der Waals surface area contributed by atoms with Crippen LogP contribution in [0.15, 0.2) is 187 Å². The first-order valence-electron chi connectivity index (χ1n) is 20.2. The molecule has 0 spiro atoms. The molecule has 0 N–H and O–H groups in total. The van der Waals surface area contributed by atoms with Gasteiger partial charge in [-0.15, -0.1) is 0 Å². The molecule has 0 saturated heterocycles. The third kappa shape index (κ3) is 7.54. The van der Waals surface area contributed by atoms with E-state index in [1.165, 1.54) is 60.1 Å². The van der Waals surface area contributed by atoms with E-state index in [9.17, 15) is 0 Å². The number of nitrogens with zero attached hydrogens (tertiary/aromatic N) is 4. The molecule has 7 aromatic carbocycles. The molecule has 4 heteroatoms. The molecule has 0 aliphatic carbocycles. The van der Waals surface area contributed by atoms with Crippen molar-refractivity contribution in [1.29, 1.82) is 0 Å². The molecule has 0 bridgehead atoms. The van der Waals surface area contributed by atoms with Crippen molar-refractivity contribution in [2.45, 2.75) is 47.0 Å². The maximum atomic E-state index is 4.45. The highest BCUT2D eigenvalue weighted by Gasteiger charge is 2.21. The lowest BCUT2D eigenvalue weighted by molar-refractivity contribution is 0.591. The highest BCUT2D eigenvalue weighted by molar-refractivity contribution is 6.27. The van der Waals surface area contributed by atoms with Crippen LogP contribution in [0.4, 0.5) is 22.7 Å². The van der Waals surface area contributed by atoms with Gasteiger partial charge in [0.25, 0.3) is 0 Å². The van der Waals surface area contributed by atoms with Gasteiger partial charge < -0.3 is 9.80 Å². The lowest BCUT2D eigenvalue weighted by Crippen LogP contribution is -2.20. The summed E-state index contributed by atoms with van der Waals surface area (Å²) in [5, 5.41) is 7.70. The number of allylic oxidation sites excluding steroid dienone is 4. The van der Waals surface area contributed by atoms with Crippen molar-refractivity contribution < 1.29 is 0 Å². The van der Waals surface area contributed by atoms with E-state index in [-0.39, 0.29) is 5.41 Å². The van der Waals surface area contributed by atoms with Crippen LogP contribution < -0.4 is 9.80 Å². The second-order valence-electron chi connectivity index (χ2n) is 15.8. The van der Waals surface area contributed by atoms with Crippen molar-refractivity contribution in [2.75, 3.05) is 16.3 Å². The van der Waals surface area contributed by atoms with Crippen molar-refractivity contribution >= 4 is 66.9 Å². The van der Waals surface area contributed by atoms with Gasteiger partial charge in [-0.05, 0) is 141 Å². The van der Waals surface area contributed by atoms with Crippen LogP contribution in [-0.4, -0.2) is 17.7 Å². The van der Waals surface area contributed by atoms with Crippen LogP contribution in [-0.2, 0) is 5.41 Å². The average molecular weight is 755 g/mol. The van der Waals surface area contributed by atoms with E-state index in [4.69, 9.17) is 0 Å². The van der Waals surface area contributed by atoms with Crippen molar-refractivity contribution in [2.24, 2.45) is 4.99 Å². The molecule has 1 aromatic heterocycles. The summed E-state index contributed by atoms with van der Waals surface area (Å²) in [5.74, 6) is 0. The summed E-state index contributed by atoms with van der Waals surface area (Å²) in [6, 6.07) is 50.6. The van der Waals surface area contributed by atoms with Gasteiger partial charge in [0.1, 0.15) is 0 Å². The van der Waals surface area contributed by atoms with Gasteiger partial charge in [-0.3, -0.25) is 9.98 Å². The lowest BCUT2D eigenvalue weighted by atomic mass is 9.81. The second-order valence-corrected chi connectivity index (χ2v) is 15.8. The van der Waals surface area contributed by atoms with Gasteiger partial charge in [-0.25, -0.2) is 0 Å². The van der Waals surface area contributed by atoms with Crippen LogP contribution in [0.5, 0.6) is 0 Å². The quantitative estimate of drug-likeness (QED) is 0.0749. The molecule has 4 nitrogen and oxygen atoms in total. The molecule has 58 heavy (non-hydrogen) atoms. The number of aliphatic imine (C=N–C) groups is 1. The zero-order valence-electron chi connectivity index (χ0n) is 34.3. The molecular formula is C54H50N4. The van der Waals surface area contributed by atoms with Crippen LogP contribution in [0.1, 0.15) is 52.7 Å². The van der Waals surface area contributed by atoms with E-state index < -0.39 is 0 Å². The molecule has 0 atom stereocenters. The number of rotatable bonds is 11. The minimum atomic E-state index is 0.0406. The molecule has 0 fully saturated rings. The molecule has 0 unspecified atom stereocenters. The normalized spacial score (nSPS) is 12.8. The molecule has 8 aromatic rings. The van der Waals surface area contributed by atoms with E-state index in [0.29, 0.717) is 6.54 Å². The summed E-state index contributed by atoms with van der Waals surface area (Å²) < 4.78 is 0. The number of para-hydroxylation sites is 2. The van der Waals surface area contributed by atoms with Crippen molar-refractivity contribution in [3.63, 3.8) is 0 Å². The Hall–Kier alpha value is -6.78. The van der Waals surface area contributed by atoms with Gasteiger partial charge in [0.05, 0.1) is 11.9 Å². The van der Waals surface area contributed by atoms with Crippen LogP contribution in [0.2, 0.25) is 0 Å². The number of aromatic nitrogens is 1. The zero-order valence-corrected chi connectivity index (χ0v) is 34.3. The van der Waals surface area contributed by atoms with Crippen molar-refractivity contribution in [3.8, 4) is 11.1 Å². The third-order valence-corrected chi connectivity index (χ3v) is 11.0. The predicted molar refractivity (Wildman–Crippen MR) is 251 cm³/mol. The predicted octanol–water partition coefficient (Wildman–Crippen LogP) is 14.8. The summed E-state index contributed by atoms with van der Waals surface area (Å²) in [7, 11) is 0. The number of anilines is 4. The Labute approximate surface area is 343 Å². The Bertz CT molecular complexity index is 2730. The van der Waals surface area contributed by atoms with Gasteiger partial charge in [0.2, 0.25) is 0 Å². The maximum absolute atomic E-state index is 4.45. The Balaban J connectivity index is 1.28. The molecule has 1 heterocycles. The summed E-state index contributed by atoms with van der Waals surface area (Å²) in [6.07, 6.45) is 14.3. The largest absolute Gasteiger partial charge is 0.340 e. The first kappa shape index (κ1) is 38.1. The first-order valence-corrected chi connectivity index (χ1v) is 20.2. The van der Waals surface area contributed by atoms with E-state index in [1.807, 2.05) is 37.8 Å². The topological polar surface area (TPSA) is 31.7 Å². The molecule has 8 rings (SSSR count). The van der Waals surface area contributed by atoms with E-state index >= 15 is 0 Å². The minimum Gasteiger partial charge on any atom is -0.340 e. The number of hydrogen-bond donors (Lipinski definition) is 0. The fourth-order valence-electron chi connectivity index (χ4n) is 8.07. The fraction of sp³-hybridized carbons (Fsp3) is 0.148. The Kier molecular flexibility index (Phi) is 10.8. The highest BCUT2D eigenvalue weighted by Crippen LogP contribution is 2.45. The van der Waals surface area contributed by atoms with Crippen LogP contribution in [0.25, 0.3) is 49.0 Å². The molecular weight excluding hydrogens is 705 g/mol. The Morgan fingerprint density at radius 3 is 1.93 bits per heavy atom. The van der Waals surface area contributed by atoms with Crippen LogP contribution >= 0.6 is 0 Å². The summed E-state index contributed by atoms with van der Waals surface area (Å²) in [5.41, 5.74) is 11.6. The maximum Gasteiger partial charge on any atom is 0.0644 e. The van der Waals surface area contributed by atoms with Crippen molar-refractivity contribution in [1.82, 2.24) is 4.98 Å². The Morgan fingerprint density at radius 1 is 0.672 bits per heavy atom. The van der Waals surface area contributed by atoms with Gasteiger partial charge >= 0.3 is 0 Å². The first-order chi connectivity index (χ1) is 28.2. The molecule has 286 valence electrons. The van der Waals surface area contributed by atoms with Gasteiger partial charge in [0.15, 0.2) is 0 Å². The monoisotopic (exact) mass is 754 g/mol. The highest BCUT2D eigenvalue weighted by atomic mass is 15.1. The van der Waals surface area contributed by atoms with E-state index in [0.717, 1.165) is 28.4 Å². The van der Waals surface area contributed by atoms with Gasteiger partial charge in [0, 0.05) is 47.9 Å². The molecule has 0 aliphatic heterocycles. The minimum absolute atomic E-state index is 0.0406. The zero-order chi connectivity index (χ0) is 40.2. The Morgan fingerprint density at radius 2 is 1.31 bits per heavy atom. The standard InChI is InChI=1S/C54H50N4/c1-7-39(17-16-32-57(38(3)36-55-8-2)44-18-11-9-12-19-44)50-35-51(49-30-26-42-34-43(54(4,5)6)33-41-25-29-48(50)53(49)52(41)42)40-23-27-46(28-24-40)58(45-20-13-10-14-21-45)47-22-15-31-56-37-47/h7-31,33-37H,32H2,1-6H3/b17-16-,38-36+,39-7+,55-8-. The second kappa shape index (κ2) is 16.4. The summed E-state index contributed by atoms with van der Waals surface area (Å²) in [6.45, 7) is 13.8. The molecule has 0 saturated carbocycles. The van der Waals surface area contributed by atoms with Crippen LogP contribution in [0, 0.1) is 0 Å². The molecule has 0 radical (unpaired) electrons. The number of hydrogen-bond acceptors (Lipinski definition) is 4. The van der Waals surface area contributed by atoms with E-state index in [2.05, 4.69) is 206 Å². The van der Waals surface area contributed by atoms with E-state index in [1.54, 1.807) is 0 Å². The van der Waals surface area contributed by atoms with Crippen LogP contribution in [0.3, 0.4) is 0 Å². The molecule has 0 amide bonds. The number of benzene rings is 7. The smallest absolute Gasteiger partial charge is 0.0644 e. The lowest BCUT2D eigenvalue weighted by Gasteiger charge is -2.25. The summed E-state index contributed by atoms with van der Waals surface area (Å²) in [4.78, 5) is 13.4. The third-order valence-electron chi connectivity index (χ3n) is 11.0. The summed E-state index contributed by atoms with van der Waals surface area (Å²) >= 11 is 0. The van der Waals surface area contributed by atoms with Gasteiger partial charge in [-0.2, -0.15) is 0 Å².